The van der Waals surface area contributed by atoms with Crippen molar-refractivity contribution < 1.29 is 9.47 Å². The number of aliphatic imine (C=N–C) groups is 1. The molecule has 1 aliphatic heterocycles. The first-order valence-corrected chi connectivity index (χ1v) is 6.83. The Morgan fingerprint density at radius 2 is 2.35 bits per heavy atom. The summed E-state index contributed by atoms with van der Waals surface area (Å²) in [5, 5.41) is 3.33. The molecule has 110 valence electrons. The fourth-order valence-electron chi connectivity index (χ4n) is 2.19. The van der Waals surface area contributed by atoms with Gasteiger partial charge in [-0.15, -0.1) is 0 Å². The third kappa shape index (κ3) is 3.85. The lowest BCUT2D eigenvalue weighted by Gasteiger charge is -2.27. The molecule has 0 amide bonds. The molecule has 1 heterocycles. The first-order valence-electron chi connectivity index (χ1n) is 6.83. The fourth-order valence-corrected chi connectivity index (χ4v) is 2.19. The number of rotatable bonds is 5. The highest BCUT2D eigenvalue weighted by Gasteiger charge is 2.21. The van der Waals surface area contributed by atoms with E-state index in [2.05, 4.69) is 21.8 Å². The quantitative estimate of drug-likeness (QED) is 0.246. The van der Waals surface area contributed by atoms with Gasteiger partial charge in [0.25, 0.3) is 0 Å². The Bertz CT molecular complexity index is 451. The van der Waals surface area contributed by atoms with Crippen molar-refractivity contribution in [3.05, 3.63) is 29.8 Å². The third-order valence-corrected chi connectivity index (χ3v) is 3.18. The van der Waals surface area contributed by atoms with E-state index in [1.54, 1.807) is 7.11 Å². The molecule has 0 spiro atoms. The van der Waals surface area contributed by atoms with E-state index < -0.39 is 0 Å². The topological polar surface area (TPSA) is 80.9 Å². The van der Waals surface area contributed by atoms with Crippen LogP contribution in [0.2, 0.25) is 0 Å². The predicted molar refractivity (Wildman–Crippen MR) is 78.5 cm³/mol. The number of para-hydroxylation sites is 1. The van der Waals surface area contributed by atoms with Crippen molar-refractivity contribution in [3.63, 3.8) is 0 Å². The van der Waals surface area contributed by atoms with Crippen molar-refractivity contribution in [2.75, 3.05) is 26.9 Å². The monoisotopic (exact) mass is 278 g/mol. The number of hydrogen-bond acceptors (Lipinski definition) is 4. The number of benzene rings is 1. The van der Waals surface area contributed by atoms with Gasteiger partial charge >= 0.3 is 0 Å². The summed E-state index contributed by atoms with van der Waals surface area (Å²) >= 11 is 0. The summed E-state index contributed by atoms with van der Waals surface area (Å²) in [6, 6.07) is 8.19. The maximum atomic E-state index is 5.63. The molecule has 0 bridgehead atoms. The van der Waals surface area contributed by atoms with Crippen molar-refractivity contribution in [1.82, 2.24) is 10.7 Å². The summed E-state index contributed by atoms with van der Waals surface area (Å²) in [6.07, 6.45) is 1.75. The van der Waals surface area contributed by atoms with Crippen LogP contribution in [0.4, 0.5) is 0 Å². The van der Waals surface area contributed by atoms with Crippen molar-refractivity contribution in [2.45, 2.75) is 18.9 Å². The van der Waals surface area contributed by atoms with E-state index in [9.17, 15) is 0 Å². The Labute approximate surface area is 119 Å². The van der Waals surface area contributed by atoms with Crippen LogP contribution in [0, 0.1) is 0 Å². The molecule has 0 aliphatic carbocycles. The Balaban J connectivity index is 1.98. The molecule has 1 aromatic rings. The number of ether oxygens (including phenoxy) is 2. The van der Waals surface area contributed by atoms with Crippen LogP contribution in [0.25, 0.3) is 0 Å². The molecular weight excluding hydrogens is 256 g/mol. The normalized spacial score (nSPS) is 18.1. The molecule has 1 aliphatic rings. The molecule has 6 heteroatoms. The molecule has 0 radical (unpaired) electrons. The SMILES string of the molecule is COCCCN=C(NN)NC1CCOc2ccccc21. The van der Waals surface area contributed by atoms with Crippen LogP contribution in [-0.2, 0) is 4.74 Å². The summed E-state index contributed by atoms with van der Waals surface area (Å²) in [6.45, 7) is 2.06. The van der Waals surface area contributed by atoms with E-state index in [0.717, 1.165) is 24.2 Å². The van der Waals surface area contributed by atoms with Crippen LogP contribution in [-0.4, -0.2) is 32.8 Å². The molecule has 0 aromatic heterocycles. The van der Waals surface area contributed by atoms with Crippen LogP contribution < -0.4 is 21.3 Å². The Morgan fingerprint density at radius 3 is 3.15 bits per heavy atom. The average Bonchev–Trinajstić information content (AvgIpc) is 2.50. The lowest BCUT2D eigenvalue weighted by Crippen LogP contribution is -2.44. The van der Waals surface area contributed by atoms with E-state index >= 15 is 0 Å². The second-order valence-electron chi connectivity index (χ2n) is 4.59. The Morgan fingerprint density at radius 1 is 1.50 bits per heavy atom. The Kier molecular flexibility index (Phi) is 5.64. The molecule has 1 unspecified atom stereocenters. The molecule has 6 nitrogen and oxygen atoms in total. The molecule has 0 saturated heterocycles. The van der Waals surface area contributed by atoms with E-state index in [4.69, 9.17) is 15.3 Å². The minimum atomic E-state index is 0.164. The summed E-state index contributed by atoms with van der Waals surface area (Å²) in [5.74, 6) is 7.04. The van der Waals surface area contributed by atoms with Crippen molar-refractivity contribution in [3.8, 4) is 5.75 Å². The third-order valence-electron chi connectivity index (χ3n) is 3.18. The van der Waals surface area contributed by atoms with E-state index in [0.29, 0.717) is 25.7 Å². The average molecular weight is 278 g/mol. The number of fused-ring (bicyclic) bond motifs is 1. The summed E-state index contributed by atoms with van der Waals surface area (Å²) < 4.78 is 10.6. The Hall–Kier alpha value is -1.79. The van der Waals surface area contributed by atoms with Gasteiger partial charge in [-0.2, -0.15) is 0 Å². The van der Waals surface area contributed by atoms with Crippen LogP contribution in [0.3, 0.4) is 0 Å². The molecule has 2 rings (SSSR count). The highest BCUT2D eigenvalue weighted by Crippen LogP contribution is 2.31. The number of methoxy groups -OCH3 is 1. The lowest BCUT2D eigenvalue weighted by molar-refractivity contribution is 0.197. The largest absolute Gasteiger partial charge is 0.493 e. The lowest BCUT2D eigenvalue weighted by atomic mass is 10.0. The standard InChI is InChI=1S/C14H22N4O2/c1-19-9-4-8-16-14(18-15)17-12-7-10-20-13-6-3-2-5-11(12)13/h2-3,5-6,12H,4,7-10,15H2,1H3,(H2,16,17,18). The zero-order chi connectivity index (χ0) is 14.2. The maximum absolute atomic E-state index is 5.63. The van der Waals surface area contributed by atoms with Crippen LogP contribution in [0.5, 0.6) is 5.75 Å². The highest BCUT2D eigenvalue weighted by molar-refractivity contribution is 5.79. The van der Waals surface area contributed by atoms with Crippen LogP contribution >= 0.6 is 0 Å². The molecule has 4 N–H and O–H groups in total. The minimum absolute atomic E-state index is 0.164. The van der Waals surface area contributed by atoms with Gasteiger partial charge in [0.2, 0.25) is 5.96 Å². The smallest absolute Gasteiger partial charge is 0.206 e. The maximum Gasteiger partial charge on any atom is 0.206 e. The van der Waals surface area contributed by atoms with Gasteiger partial charge in [-0.1, -0.05) is 18.2 Å². The first-order chi connectivity index (χ1) is 9.85. The highest BCUT2D eigenvalue weighted by atomic mass is 16.5. The fraction of sp³-hybridized carbons (Fsp3) is 0.500. The molecule has 20 heavy (non-hydrogen) atoms. The molecular formula is C14H22N4O2. The molecule has 0 saturated carbocycles. The number of nitrogens with two attached hydrogens (primary N) is 1. The van der Waals surface area contributed by atoms with Gasteiger partial charge in [-0.25, -0.2) is 5.84 Å². The number of nitrogens with one attached hydrogen (secondary N) is 2. The summed E-state index contributed by atoms with van der Waals surface area (Å²) in [5.41, 5.74) is 3.75. The predicted octanol–water partition coefficient (Wildman–Crippen LogP) is 0.956. The van der Waals surface area contributed by atoms with E-state index in [1.165, 1.54) is 0 Å². The van der Waals surface area contributed by atoms with Gasteiger partial charge in [-0.05, 0) is 12.5 Å². The van der Waals surface area contributed by atoms with Gasteiger partial charge in [0, 0.05) is 32.2 Å². The van der Waals surface area contributed by atoms with E-state index in [-0.39, 0.29) is 6.04 Å². The first kappa shape index (κ1) is 14.6. The second kappa shape index (κ2) is 7.72. The zero-order valence-electron chi connectivity index (χ0n) is 11.8. The number of nitrogens with zero attached hydrogens (tertiary/aromatic N) is 1. The van der Waals surface area contributed by atoms with Gasteiger partial charge in [0.05, 0.1) is 12.6 Å². The van der Waals surface area contributed by atoms with Gasteiger partial charge in [0.1, 0.15) is 5.75 Å². The van der Waals surface area contributed by atoms with Gasteiger partial charge in [-0.3, -0.25) is 10.4 Å². The zero-order valence-corrected chi connectivity index (χ0v) is 11.8. The second-order valence-corrected chi connectivity index (χ2v) is 4.59. The van der Waals surface area contributed by atoms with Gasteiger partial charge in [0.15, 0.2) is 0 Å². The number of hydrogen-bond donors (Lipinski definition) is 3. The number of hydrazine groups is 1. The van der Waals surface area contributed by atoms with Crippen LogP contribution in [0.15, 0.2) is 29.3 Å². The molecule has 0 fully saturated rings. The summed E-state index contributed by atoms with van der Waals surface area (Å²) in [4.78, 5) is 4.40. The molecule has 1 aromatic carbocycles. The van der Waals surface area contributed by atoms with Gasteiger partial charge < -0.3 is 14.8 Å². The van der Waals surface area contributed by atoms with Crippen molar-refractivity contribution in [1.29, 1.82) is 0 Å². The van der Waals surface area contributed by atoms with Crippen LogP contribution in [0.1, 0.15) is 24.4 Å². The van der Waals surface area contributed by atoms with Crippen molar-refractivity contribution in [2.24, 2.45) is 10.8 Å². The number of guanidine groups is 1. The molecule has 1 atom stereocenters. The van der Waals surface area contributed by atoms with E-state index in [1.807, 2.05) is 18.2 Å². The summed E-state index contributed by atoms with van der Waals surface area (Å²) in [7, 11) is 1.68. The minimum Gasteiger partial charge on any atom is -0.493 e. The van der Waals surface area contributed by atoms with Crippen molar-refractivity contribution >= 4 is 5.96 Å².